The number of nitrogens with one attached hydrogen (secondary N) is 1. The van der Waals surface area contributed by atoms with Crippen molar-refractivity contribution in [1.29, 1.82) is 0 Å². The molecule has 1 saturated heterocycles. The highest BCUT2D eigenvalue weighted by Gasteiger charge is 2.24. The number of piperazine rings is 1. The van der Waals surface area contributed by atoms with Gasteiger partial charge in [0.1, 0.15) is 11.6 Å². The van der Waals surface area contributed by atoms with Crippen molar-refractivity contribution < 1.29 is 8.78 Å². The van der Waals surface area contributed by atoms with E-state index in [-0.39, 0.29) is 11.9 Å². The van der Waals surface area contributed by atoms with Crippen molar-refractivity contribution in [1.82, 2.24) is 10.2 Å². The Morgan fingerprint density at radius 1 is 1.37 bits per heavy atom. The molecule has 0 unspecified atom stereocenters. The van der Waals surface area contributed by atoms with Gasteiger partial charge in [0.15, 0.2) is 0 Å². The Balaban J connectivity index is 2.29. The lowest BCUT2D eigenvalue weighted by Gasteiger charge is -2.35. The van der Waals surface area contributed by atoms with Crippen LogP contribution < -0.4 is 5.32 Å². The first-order valence-corrected chi connectivity index (χ1v) is 6.62. The number of benzene rings is 1. The summed E-state index contributed by atoms with van der Waals surface area (Å²) in [5.74, 6) is -0.732. The zero-order chi connectivity index (χ0) is 13.8. The molecule has 0 aromatic heterocycles. The highest BCUT2D eigenvalue weighted by Crippen LogP contribution is 2.29. The lowest BCUT2D eigenvalue weighted by molar-refractivity contribution is 0.169. The quantitative estimate of drug-likeness (QED) is 0.843. The van der Waals surface area contributed by atoms with E-state index < -0.39 is 5.82 Å². The summed E-state index contributed by atoms with van der Waals surface area (Å²) in [5.41, 5.74) is 1.41. The van der Waals surface area contributed by atoms with Gasteiger partial charge < -0.3 is 5.32 Å². The molecule has 1 fully saturated rings. The van der Waals surface area contributed by atoms with Crippen molar-refractivity contribution in [3.05, 3.63) is 47.5 Å². The van der Waals surface area contributed by atoms with E-state index in [1.165, 1.54) is 12.1 Å². The fourth-order valence-electron chi connectivity index (χ4n) is 2.53. The SMILES string of the molecule is C=C(C)C[C@H](c1cc(F)ccc1F)N1CCNCC1. The molecule has 19 heavy (non-hydrogen) atoms. The Bertz CT molecular complexity index is 453. The van der Waals surface area contributed by atoms with Crippen molar-refractivity contribution in [2.45, 2.75) is 19.4 Å². The zero-order valence-electron chi connectivity index (χ0n) is 11.3. The molecule has 1 heterocycles. The maximum Gasteiger partial charge on any atom is 0.128 e. The summed E-state index contributed by atoms with van der Waals surface area (Å²) in [4.78, 5) is 2.20. The third-order valence-electron chi connectivity index (χ3n) is 3.45. The molecule has 1 aliphatic rings. The van der Waals surface area contributed by atoms with Crippen molar-refractivity contribution >= 4 is 0 Å². The second kappa shape index (κ2) is 6.26. The van der Waals surface area contributed by atoms with Gasteiger partial charge in [-0.3, -0.25) is 4.90 Å². The predicted molar refractivity (Wildman–Crippen MR) is 73.0 cm³/mol. The summed E-state index contributed by atoms with van der Waals surface area (Å²) in [6.07, 6.45) is 0.653. The molecule has 0 amide bonds. The van der Waals surface area contributed by atoms with Crippen LogP contribution in [0.4, 0.5) is 8.78 Å². The Morgan fingerprint density at radius 3 is 2.68 bits per heavy atom. The van der Waals surface area contributed by atoms with Gasteiger partial charge in [0.25, 0.3) is 0 Å². The summed E-state index contributed by atoms with van der Waals surface area (Å²) in [7, 11) is 0. The molecule has 1 aromatic rings. The van der Waals surface area contributed by atoms with Gasteiger partial charge in [0.05, 0.1) is 0 Å². The van der Waals surface area contributed by atoms with Crippen LogP contribution in [0.1, 0.15) is 24.9 Å². The van der Waals surface area contributed by atoms with E-state index in [4.69, 9.17) is 0 Å². The second-order valence-electron chi connectivity index (χ2n) is 5.13. The first-order chi connectivity index (χ1) is 9.08. The molecule has 0 aliphatic carbocycles. The Morgan fingerprint density at radius 2 is 2.05 bits per heavy atom. The summed E-state index contributed by atoms with van der Waals surface area (Å²) in [6, 6.07) is 3.55. The number of hydrogen-bond donors (Lipinski definition) is 1. The molecule has 0 bridgehead atoms. The minimum absolute atomic E-state index is 0.129. The largest absolute Gasteiger partial charge is 0.314 e. The van der Waals surface area contributed by atoms with Crippen LogP contribution in [0.25, 0.3) is 0 Å². The van der Waals surface area contributed by atoms with Gasteiger partial charge in [-0.05, 0) is 31.5 Å². The second-order valence-corrected chi connectivity index (χ2v) is 5.13. The summed E-state index contributed by atoms with van der Waals surface area (Å²) < 4.78 is 27.4. The molecule has 1 aliphatic heterocycles. The van der Waals surface area contributed by atoms with Crippen LogP contribution in [0.2, 0.25) is 0 Å². The molecular weight excluding hydrogens is 246 g/mol. The van der Waals surface area contributed by atoms with E-state index in [1.807, 2.05) is 6.92 Å². The van der Waals surface area contributed by atoms with Crippen LogP contribution in [0, 0.1) is 11.6 Å². The molecule has 0 spiro atoms. The summed E-state index contributed by atoms with van der Waals surface area (Å²) in [5, 5.41) is 3.27. The maximum absolute atomic E-state index is 14.0. The average Bonchev–Trinajstić information content (AvgIpc) is 2.40. The highest BCUT2D eigenvalue weighted by molar-refractivity contribution is 5.24. The standard InChI is InChI=1S/C15H20F2N2/c1-11(2)9-15(19-7-5-18-6-8-19)13-10-12(16)3-4-14(13)17/h3-4,10,15,18H,1,5-9H2,2H3/t15-/m1/s1. The highest BCUT2D eigenvalue weighted by atomic mass is 19.1. The van der Waals surface area contributed by atoms with E-state index in [0.29, 0.717) is 12.0 Å². The Labute approximate surface area is 113 Å². The van der Waals surface area contributed by atoms with Crippen molar-refractivity contribution in [3.8, 4) is 0 Å². The lowest BCUT2D eigenvalue weighted by atomic mass is 9.97. The number of hydrogen-bond acceptors (Lipinski definition) is 2. The van der Waals surface area contributed by atoms with Gasteiger partial charge in [-0.1, -0.05) is 5.57 Å². The number of halogens is 2. The van der Waals surface area contributed by atoms with Crippen LogP contribution in [0.15, 0.2) is 30.4 Å². The third-order valence-corrected chi connectivity index (χ3v) is 3.45. The Hall–Kier alpha value is -1.26. The van der Waals surface area contributed by atoms with E-state index in [0.717, 1.165) is 37.8 Å². The topological polar surface area (TPSA) is 15.3 Å². The molecule has 2 nitrogen and oxygen atoms in total. The van der Waals surface area contributed by atoms with E-state index in [9.17, 15) is 8.78 Å². The first-order valence-electron chi connectivity index (χ1n) is 6.62. The Kier molecular flexibility index (Phi) is 4.66. The third kappa shape index (κ3) is 3.61. The first kappa shape index (κ1) is 14.2. The smallest absolute Gasteiger partial charge is 0.128 e. The number of rotatable bonds is 4. The van der Waals surface area contributed by atoms with Gasteiger partial charge in [-0.25, -0.2) is 8.78 Å². The van der Waals surface area contributed by atoms with Gasteiger partial charge in [0, 0.05) is 37.8 Å². The van der Waals surface area contributed by atoms with Gasteiger partial charge in [-0.15, -0.1) is 6.58 Å². The number of nitrogens with zero attached hydrogens (tertiary/aromatic N) is 1. The van der Waals surface area contributed by atoms with Crippen LogP contribution in [-0.2, 0) is 0 Å². The molecule has 0 saturated carbocycles. The fourth-order valence-corrected chi connectivity index (χ4v) is 2.53. The van der Waals surface area contributed by atoms with E-state index >= 15 is 0 Å². The molecular formula is C15H20F2N2. The maximum atomic E-state index is 14.0. The van der Waals surface area contributed by atoms with E-state index in [1.54, 1.807) is 0 Å². The van der Waals surface area contributed by atoms with Crippen LogP contribution >= 0.6 is 0 Å². The van der Waals surface area contributed by atoms with Crippen molar-refractivity contribution in [2.24, 2.45) is 0 Å². The normalized spacial score (nSPS) is 18.3. The minimum Gasteiger partial charge on any atom is -0.314 e. The molecule has 1 atom stereocenters. The monoisotopic (exact) mass is 266 g/mol. The molecule has 0 radical (unpaired) electrons. The molecule has 1 aromatic carbocycles. The molecule has 4 heteroatoms. The minimum atomic E-state index is -0.391. The van der Waals surface area contributed by atoms with Gasteiger partial charge in [-0.2, -0.15) is 0 Å². The summed E-state index contributed by atoms with van der Waals surface area (Å²) in [6.45, 7) is 9.27. The van der Waals surface area contributed by atoms with Crippen LogP contribution in [-0.4, -0.2) is 31.1 Å². The van der Waals surface area contributed by atoms with Crippen molar-refractivity contribution in [3.63, 3.8) is 0 Å². The zero-order valence-corrected chi connectivity index (χ0v) is 11.3. The van der Waals surface area contributed by atoms with E-state index in [2.05, 4.69) is 16.8 Å². The molecule has 1 N–H and O–H groups in total. The molecule has 2 rings (SSSR count). The lowest BCUT2D eigenvalue weighted by Crippen LogP contribution is -2.45. The fraction of sp³-hybridized carbons (Fsp3) is 0.467. The van der Waals surface area contributed by atoms with Crippen LogP contribution in [0.3, 0.4) is 0 Å². The predicted octanol–water partition coefficient (Wildman–Crippen LogP) is 2.88. The van der Waals surface area contributed by atoms with Crippen LogP contribution in [0.5, 0.6) is 0 Å². The van der Waals surface area contributed by atoms with Gasteiger partial charge in [0.2, 0.25) is 0 Å². The molecule has 104 valence electrons. The van der Waals surface area contributed by atoms with Crippen molar-refractivity contribution in [2.75, 3.05) is 26.2 Å². The van der Waals surface area contributed by atoms with Gasteiger partial charge >= 0.3 is 0 Å². The average molecular weight is 266 g/mol. The summed E-state index contributed by atoms with van der Waals surface area (Å²) >= 11 is 0.